The molecular weight excluding hydrogens is 432 g/mol. The Morgan fingerprint density at radius 1 is 1.12 bits per heavy atom. The molecule has 4 heterocycles. The molecule has 1 saturated heterocycles. The van der Waals surface area contributed by atoms with Crippen LogP contribution in [0.5, 0.6) is 5.88 Å². The number of nitrogens with zero attached hydrogens (tertiary/aromatic N) is 6. The number of methoxy groups -OCH3 is 1. The fraction of sp³-hybridized carbons (Fsp3) is 0.375. The second-order valence-electron chi connectivity index (χ2n) is 8.89. The molecule has 2 atom stereocenters. The van der Waals surface area contributed by atoms with Crippen LogP contribution in [0.3, 0.4) is 0 Å². The van der Waals surface area contributed by atoms with Gasteiger partial charge in [-0.2, -0.15) is 4.98 Å². The Morgan fingerprint density at radius 3 is 2.62 bits per heavy atom. The first kappa shape index (κ1) is 22.0. The van der Waals surface area contributed by atoms with Crippen LogP contribution in [-0.2, 0) is 0 Å². The quantitative estimate of drug-likeness (QED) is 0.478. The fourth-order valence-electron chi connectivity index (χ4n) is 4.65. The van der Waals surface area contributed by atoms with Crippen molar-refractivity contribution in [1.29, 1.82) is 0 Å². The van der Waals surface area contributed by atoms with Gasteiger partial charge in [0.25, 0.3) is 11.8 Å². The van der Waals surface area contributed by atoms with Crippen LogP contribution in [0.25, 0.3) is 16.6 Å². The van der Waals surface area contributed by atoms with Gasteiger partial charge >= 0.3 is 0 Å². The van der Waals surface area contributed by atoms with Gasteiger partial charge in [0, 0.05) is 48.6 Å². The summed E-state index contributed by atoms with van der Waals surface area (Å²) in [6, 6.07) is 4.53. The van der Waals surface area contributed by atoms with Crippen molar-refractivity contribution < 1.29 is 9.53 Å². The third-order valence-electron chi connectivity index (χ3n) is 5.95. The molecule has 0 unspecified atom stereocenters. The molecule has 0 bridgehead atoms. The molecule has 1 amide bonds. The first-order valence-corrected chi connectivity index (χ1v) is 11.3. The molecule has 1 fully saturated rings. The Hall–Kier alpha value is -3.79. The van der Waals surface area contributed by atoms with E-state index in [4.69, 9.17) is 4.74 Å². The number of amides is 1. The minimum Gasteiger partial charge on any atom is -0.478 e. The van der Waals surface area contributed by atoms with E-state index in [1.165, 1.54) is 7.11 Å². The number of carbonyl (C=O) groups excluding carboxylic acids is 1. The second-order valence-corrected chi connectivity index (χ2v) is 8.89. The van der Waals surface area contributed by atoms with Crippen molar-refractivity contribution in [3.05, 3.63) is 47.8 Å². The minimum absolute atomic E-state index is 0.303. The van der Waals surface area contributed by atoms with Crippen molar-refractivity contribution >= 4 is 34.0 Å². The topological polar surface area (TPSA) is 110 Å². The van der Waals surface area contributed by atoms with E-state index in [1.54, 1.807) is 10.6 Å². The Kier molecular flexibility index (Phi) is 5.52. The van der Waals surface area contributed by atoms with Gasteiger partial charge in [0.05, 0.1) is 30.1 Å². The number of hydrogen-bond acceptors (Lipinski definition) is 8. The van der Waals surface area contributed by atoms with E-state index in [2.05, 4.69) is 49.3 Å². The smallest absolute Gasteiger partial charge is 0.260 e. The molecule has 0 saturated carbocycles. The predicted molar refractivity (Wildman–Crippen MR) is 131 cm³/mol. The van der Waals surface area contributed by atoms with E-state index in [9.17, 15) is 4.79 Å². The Labute approximate surface area is 197 Å². The first-order valence-electron chi connectivity index (χ1n) is 11.3. The zero-order chi connectivity index (χ0) is 24.0. The summed E-state index contributed by atoms with van der Waals surface area (Å²) in [7, 11) is 1.53. The van der Waals surface area contributed by atoms with Gasteiger partial charge in [-0.1, -0.05) is 0 Å². The summed E-state index contributed by atoms with van der Waals surface area (Å²) in [5.74, 6) is 1.00. The number of aromatic nitrogens is 5. The summed E-state index contributed by atoms with van der Waals surface area (Å²) >= 11 is 0. The predicted octanol–water partition coefficient (Wildman–Crippen LogP) is 2.74. The van der Waals surface area contributed by atoms with E-state index >= 15 is 0 Å². The van der Waals surface area contributed by atoms with Crippen LogP contribution in [0.2, 0.25) is 0 Å². The highest BCUT2D eigenvalue weighted by atomic mass is 16.5. The van der Waals surface area contributed by atoms with Gasteiger partial charge in [-0.15, -0.1) is 0 Å². The number of benzene rings is 1. The SMILES string of the molecule is COc1nc(NC(=O)c2ccc(N3C[C@@H](C)N[C@@H](C)C3)c3cnc(C)nc23)cn2cc(C)nc12. The second kappa shape index (κ2) is 8.53. The van der Waals surface area contributed by atoms with Crippen molar-refractivity contribution in [1.82, 2.24) is 29.7 Å². The van der Waals surface area contributed by atoms with Gasteiger partial charge in [0.15, 0.2) is 5.82 Å². The molecule has 0 radical (unpaired) electrons. The van der Waals surface area contributed by atoms with Gasteiger partial charge < -0.3 is 20.3 Å². The summed E-state index contributed by atoms with van der Waals surface area (Å²) in [4.78, 5) is 33.6. The number of hydrogen-bond donors (Lipinski definition) is 2. The van der Waals surface area contributed by atoms with Crippen LogP contribution in [-0.4, -0.2) is 62.5 Å². The molecule has 10 heteroatoms. The molecule has 1 aliphatic heterocycles. The molecule has 176 valence electrons. The van der Waals surface area contributed by atoms with Crippen LogP contribution in [0, 0.1) is 13.8 Å². The molecular formula is C24H28N8O2. The Morgan fingerprint density at radius 2 is 1.88 bits per heavy atom. The van der Waals surface area contributed by atoms with E-state index < -0.39 is 0 Å². The van der Waals surface area contributed by atoms with Crippen molar-refractivity contribution in [3.8, 4) is 5.88 Å². The average molecular weight is 461 g/mol. The van der Waals surface area contributed by atoms with E-state index in [0.717, 1.165) is 29.9 Å². The van der Waals surface area contributed by atoms with Crippen LogP contribution < -0.4 is 20.3 Å². The number of carbonyl (C=O) groups is 1. The first-order chi connectivity index (χ1) is 16.3. The molecule has 0 aliphatic carbocycles. The summed E-state index contributed by atoms with van der Waals surface area (Å²) in [6.45, 7) is 9.80. The van der Waals surface area contributed by atoms with E-state index in [-0.39, 0.29) is 5.91 Å². The monoisotopic (exact) mass is 460 g/mol. The van der Waals surface area contributed by atoms with Gasteiger partial charge in [0.2, 0.25) is 5.65 Å². The molecule has 3 aromatic heterocycles. The average Bonchev–Trinajstić information content (AvgIpc) is 3.16. The number of imidazole rings is 1. The number of aryl methyl sites for hydroxylation is 2. The van der Waals surface area contributed by atoms with Gasteiger partial charge in [-0.3, -0.25) is 9.20 Å². The lowest BCUT2D eigenvalue weighted by Crippen LogP contribution is -2.54. The van der Waals surface area contributed by atoms with E-state index in [0.29, 0.717) is 46.3 Å². The molecule has 1 aromatic carbocycles. The lowest BCUT2D eigenvalue weighted by atomic mass is 10.0. The number of anilines is 2. The molecule has 0 spiro atoms. The van der Waals surface area contributed by atoms with Crippen LogP contribution in [0.4, 0.5) is 11.5 Å². The van der Waals surface area contributed by atoms with Gasteiger partial charge in [-0.25, -0.2) is 15.0 Å². The largest absolute Gasteiger partial charge is 0.478 e. The molecule has 2 N–H and O–H groups in total. The highest BCUT2D eigenvalue weighted by Gasteiger charge is 2.24. The molecule has 34 heavy (non-hydrogen) atoms. The summed E-state index contributed by atoms with van der Waals surface area (Å²) in [5.41, 5.74) is 3.53. The van der Waals surface area contributed by atoms with Gasteiger partial charge in [-0.05, 0) is 39.8 Å². The fourth-order valence-corrected chi connectivity index (χ4v) is 4.65. The number of ether oxygens (including phenoxy) is 1. The van der Waals surface area contributed by atoms with E-state index in [1.807, 2.05) is 38.4 Å². The third-order valence-corrected chi connectivity index (χ3v) is 5.95. The minimum atomic E-state index is -0.303. The molecule has 10 nitrogen and oxygen atoms in total. The Balaban J connectivity index is 1.53. The lowest BCUT2D eigenvalue weighted by molar-refractivity contribution is 0.102. The highest BCUT2D eigenvalue weighted by molar-refractivity contribution is 6.13. The van der Waals surface area contributed by atoms with Crippen LogP contribution in [0.15, 0.2) is 30.7 Å². The van der Waals surface area contributed by atoms with Gasteiger partial charge in [0.1, 0.15) is 5.82 Å². The molecule has 1 aliphatic rings. The highest BCUT2D eigenvalue weighted by Crippen LogP contribution is 2.30. The number of piperazine rings is 1. The van der Waals surface area contributed by atoms with Crippen molar-refractivity contribution in [2.45, 2.75) is 39.8 Å². The third kappa shape index (κ3) is 4.01. The molecule has 4 aromatic rings. The van der Waals surface area contributed by atoms with Crippen molar-refractivity contribution in [2.75, 3.05) is 30.4 Å². The standard InChI is InChI=1S/C24H28N8O2/c1-13-9-31(10-14(2)26-13)19-7-6-17(21-18(19)8-25-16(4)28-21)23(33)29-20-12-32-11-15(3)27-22(32)24(30-20)34-5/h6-8,11-14,26H,9-10H2,1-5H3,(H,29,33)/t13-,14+. The number of nitrogens with one attached hydrogen (secondary N) is 2. The van der Waals surface area contributed by atoms with Crippen molar-refractivity contribution in [2.24, 2.45) is 0 Å². The number of fused-ring (bicyclic) bond motifs is 2. The maximum atomic E-state index is 13.4. The summed E-state index contributed by atoms with van der Waals surface area (Å²) in [5, 5.41) is 7.30. The summed E-state index contributed by atoms with van der Waals surface area (Å²) < 4.78 is 7.17. The zero-order valence-corrected chi connectivity index (χ0v) is 20.0. The maximum Gasteiger partial charge on any atom is 0.260 e. The summed E-state index contributed by atoms with van der Waals surface area (Å²) in [6.07, 6.45) is 5.38. The lowest BCUT2D eigenvalue weighted by Gasteiger charge is -2.38. The van der Waals surface area contributed by atoms with Crippen molar-refractivity contribution in [3.63, 3.8) is 0 Å². The van der Waals surface area contributed by atoms with Crippen LogP contribution in [0.1, 0.15) is 35.7 Å². The van der Waals surface area contributed by atoms with Crippen LogP contribution >= 0.6 is 0 Å². The maximum absolute atomic E-state index is 13.4. The Bertz CT molecular complexity index is 1390. The zero-order valence-electron chi connectivity index (χ0n) is 20.0. The molecule has 5 rings (SSSR count). The number of rotatable bonds is 4. The normalized spacial score (nSPS) is 18.4.